The van der Waals surface area contributed by atoms with Gasteiger partial charge >= 0.3 is 0 Å². The van der Waals surface area contributed by atoms with Crippen LogP contribution in [-0.2, 0) is 26.3 Å². The maximum atomic E-state index is 4.54. The minimum atomic E-state index is 0.339. The smallest absolute Gasteiger partial charge is 0.0624 e. The molecule has 1 N–H and O–H groups in total. The highest BCUT2D eigenvalue weighted by atomic mass is 15.3. The molecule has 3 nitrogen and oxygen atoms in total. The molecule has 0 aliphatic carbocycles. The minimum absolute atomic E-state index is 0.339. The summed E-state index contributed by atoms with van der Waals surface area (Å²) in [5, 5.41) is 8.00. The summed E-state index contributed by atoms with van der Waals surface area (Å²) in [5.41, 5.74) is 5.27. The summed E-state index contributed by atoms with van der Waals surface area (Å²) in [6.45, 7) is 4.36. The number of nitrogens with zero attached hydrogens (tertiary/aromatic N) is 2. The van der Waals surface area contributed by atoms with E-state index in [1.165, 1.54) is 22.5 Å². The molecular formula is C17H25N3. The third-order valence-electron chi connectivity index (χ3n) is 3.96. The zero-order chi connectivity index (χ0) is 14.5. The van der Waals surface area contributed by atoms with Gasteiger partial charge in [-0.1, -0.05) is 38.1 Å². The molecule has 0 spiro atoms. The van der Waals surface area contributed by atoms with Gasteiger partial charge in [0.05, 0.1) is 5.69 Å². The maximum Gasteiger partial charge on any atom is 0.0624 e. The van der Waals surface area contributed by atoms with Gasteiger partial charge in [-0.3, -0.25) is 4.68 Å². The van der Waals surface area contributed by atoms with E-state index in [-0.39, 0.29) is 0 Å². The van der Waals surface area contributed by atoms with Gasteiger partial charge in [-0.2, -0.15) is 5.10 Å². The van der Waals surface area contributed by atoms with Crippen LogP contribution in [0.3, 0.4) is 0 Å². The molecule has 108 valence electrons. The quantitative estimate of drug-likeness (QED) is 0.875. The Balaban J connectivity index is 2.26. The van der Waals surface area contributed by atoms with E-state index in [1.807, 2.05) is 18.8 Å². The standard InChI is InChI=1S/C17H25N3/c1-5-13-9-7-8-10-16(13)17(18-3)12-15-11-14(6-2)19-20(15)4/h7-11,17-18H,5-6,12H2,1-4H3. The Morgan fingerprint density at radius 3 is 2.55 bits per heavy atom. The Labute approximate surface area is 122 Å². The van der Waals surface area contributed by atoms with Crippen molar-refractivity contribution in [2.75, 3.05) is 7.05 Å². The lowest BCUT2D eigenvalue weighted by Gasteiger charge is -2.19. The molecule has 3 heteroatoms. The molecule has 1 unspecified atom stereocenters. The summed E-state index contributed by atoms with van der Waals surface area (Å²) in [6.07, 6.45) is 3.03. The van der Waals surface area contributed by atoms with E-state index < -0.39 is 0 Å². The molecule has 20 heavy (non-hydrogen) atoms. The van der Waals surface area contributed by atoms with Gasteiger partial charge in [-0.25, -0.2) is 0 Å². The molecule has 1 atom stereocenters. The Morgan fingerprint density at radius 2 is 1.95 bits per heavy atom. The molecule has 0 bridgehead atoms. The third kappa shape index (κ3) is 3.10. The van der Waals surface area contributed by atoms with Gasteiger partial charge in [0.15, 0.2) is 0 Å². The van der Waals surface area contributed by atoms with Gasteiger partial charge in [-0.15, -0.1) is 0 Å². The summed E-state index contributed by atoms with van der Waals surface area (Å²) in [5.74, 6) is 0. The van der Waals surface area contributed by atoms with Crippen molar-refractivity contribution in [1.29, 1.82) is 0 Å². The molecule has 1 aromatic heterocycles. The van der Waals surface area contributed by atoms with Crippen molar-refractivity contribution in [2.45, 2.75) is 39.2 Å². The summed E-state index contributed by atoms with van der Waals surface area (Å²) < 4.78 is 2.01. The molecule has 1 aromatic carbocycles. The fourth-order valence-electron chi connectivity index (χ4n) is 2.71. The van der Waals surface area contributed by atoms with Crippen molar-refractivity contribution >= 4 is 0 Å². The van der Waals surface area contributed by atoms with Crippen LogP contribution in [0.25, 0.3) is 0 Å². The molecule has 0 fully saturated rings. The minimum Gasteiger partial charge on any atom is -0.313 e. The number of hydrogen-bond acceptors (Lipinski definition) is 2. The molecule has 2 aromatic rings. The van der Waals surface area contributed by atoms with Crippen LogP contribution in [0, 0.1) is 0 Å². The Bertz CT molecular complexity index is 557. The molecule has 0 aliphatic heterocycles. The fraction of sp³-hybridized carbons (Fsp3) is 0.471. The third-order valence-corrected chi connectivity index (χ3v) is 3.96. The second kappa shape index (κ2) is 6.71. The predicted molar refractivity (Wildman–Crippen MR) is 83.9 cm³/mol. The summed E-state index contributed by atoms with van der Waals surface area (Å²) in [7, 11) is 4.07. The number of rotatable bonds is 6. The van der Waals surface area contributed by atoms with E-state index in [1.54, 1.807) is 0 Å². The summed E-state index contributed by atoms with van der Waals surface area (Å²) >= 11 is 0. The van der Waals surface area contributed by atoms with Crippen LogP contribution >= 0.6 is 0 Å². The topological polar surface area (TPSA) is 29.9 Å². The summed E-state index contributed by atoms with van der Waals surface area (Å²) in [4.78, 5) is 0. The van der Waals surface area contributed by atoms with Crippen molar-refractivity contribution in [3.8, 4) is 0 Å². The van der Waals surface area contributed by atoms with E-state index in [2.05, 4.69) is 54.6 Å². The molecule has 2 rings (SSSR count). The average molecular weight is 271 g/mol. The van der Waals surface area contributed by atoms with Gasteiger partial charge in [0, 0.05) is 25.2 Å². The lowest BCUT2D eigenvalue weighted by Crippen LogP contribution is -2.21. The molecule has 0 radical (unpaired) electrons. The average Bonchev–Trinajstić information content (AvgIpc) is 2.85. The zero-order valence-electron chi connectivity index (χ0n) is 13.0. The molecule has 0 saturated heterocycles. The summed E-state index contributed by atoms with van der Waals surface area (Å²) in [6, 6.07) is 11.3. The highest BCUT2D eigenvalue weighted by molar-refractivity contribution is 5.31. The highest BCUT2D eigenvalue weighted by Gasteiger charge is 2.15. The van der Waals surface area contributed by atoms with Gasteiger partial charge in [0.1, 0.15) is 0 Å². The van der Waals surface area contributed by atoms with Gasteiger partial charge < -0.3 is 5.32 Å². The van der Waals surface area contributed by atoms with Crippen LogP contribution in [0.2, 0.25) is 0 Å². The monoisotopic (exact) mass is 271 g/mol. The number of benzene rings is 1. The van der Waals surface area contributed by atoms with Gasteiger partial charge in [0.2, 0.25) is 0 Å². The first-order chi connectivity index (χ1) is 9.69. The van der Waals surface area contributed by atoms with Crippen LogP contribution in [0.15, 0.2) is 30.3 Å². The number of hydrogen-bond donors (Lipinski definition) is 1. The molecule has 0 aliphatic rings. The molecule has 0 saturated carbocycles. The van der Waals surface area contributed by atoms with E-state index in [4.69, 9.17) is 0 Å². The number of aromatic nitrogens is 2. The molecule has 0 amide bonds. The first kappa shape index (κ1) is 14.8. The fourth-order valence-corrected chi connectivity index (χ4v) is 2.71. The van der Waals surface area contributed by atoms with Gasteiger partial charge in [-0.05, 0) is 37.1 Å². The normalized spacial score (nSPS) is 12.6. The number of nitrogens with one attached hydrogen (secondary N) is 1. The first-order valence-electron chi connectivity index (χ1n) is 7.46. The maximum absolute atomic E-state index is 4.54. The second-order valence-corrected chi connectivity index (χ2v) is 5.20. The molecule has 1 heterocycles. The highest BCUT2D eigenvalue weighted by Crippen LogP contribution is 2.22. The SMILES string of the molecule is CCc1cc(CC(NC)c2ccccc2CC)n(C)n1. The molecular weight excluding hydrogens is 246 g/mol. The van der Waals surface area contributed by atoms with E-state index in [9.17, 15) is 0 Å². The van der Waals surface area contributed by atoms with Crippen LogP contribution in [-0.4, -0.2) is 16.8 Å². The predicted octanol–water partition coefficient (Wildman–Crippen LogP) is 3.05. The Morgan fingerprint density at radius 1 is 1.20 bits per heavy atom. The van der Waals surface area contributed by atoms with Crippen LogP contribution in [0.4, 0.5) is 0 Å². The van der Waals surface area contributed by atoms with Crippen molar-refractivity contribution in [2.24, 2.45) is 7.05 Å². The van der Waals surface area contributed by atoms with E-state index in [0.29, 0.717) is 6.04 Å². The van der Waals surface area contributed by atoms with Crippen molar-refractivity contribution in [3.05, 3.63) is 52.8 Å². The van der Waals surface area contributed by atoms with Gasteiger partial charge in [0.25, 0.3) is 0 Å². The number of likely N-dealkylation sites (N-methyl/N-ethyl adjacent to an activating group) is 1. The van der Waals surface area contributed by atoms with Crippen molar-refractivity contribution < 1.29 is 0 Å². The Hall–Kier alpha value is -1.61. The first-order valence-corrected chi connectivity index (χ1v) is 7.46. The zero-order valence-corrected chi connectivity index (χ0v) is 13.0. The van der Waals surface area contributed by atoms with Crippen LogP contribution in [0.5, 0.6) is 0 Å². The van der Waals surface area contributed by atoms with E-state index >= 15 is 0 Å². The van der Waals surface area contributed by atoms with E-state index in [0.717, 1.165) is 19.3 Å². The largest absolute Gasteiger partial charge is 0.313 e. The lowest BCUT2D eigenvalue weighted by atomic mass is 9.95. The number of aryl methyl sites for hydroxylation is 3. The Kier molecular flexibility index (Phi) is 4.96. The lowest BCUT2D eigenvalue weighted by molar-refractivity contribution is 0.557. The van der Waals surface area contributed by atoms with Crippen LogP contribution < -0.4 is 5.32 Å². The van der Waals surface area contributed by atoms with Crippen molar-refractivity contribution in [3.63, 3.8) is 0 Å². The van der Waals surface area contributed by atoms with Crippen molar-refractivity contribution in [1.82, 2.24) is 15.1 Å². The second-order valence-electron chi connectivity index (χ2n) is 5.20. The van der Waals surface area contributed by atoms with Crippen LogP contribution in [0.1, 0.15) is 42.4 Å².